The molecule has 1 fully saturated rings. The molecule has 0 aromatic heterocycles. The molecule has 9 heteroatoms. The standard InChI is InChI=1S/C15H23N3O4S.ClH/c1-11(9-16)18-15(19)12-4-6-14(7-5-12)23(20,21)17-10-13-3-2-8-22-13;/h4-7,11,13,17H,2-3,8-10,16H2,1H3,(H,18,19);1H/t11-,13?;/m0./s1. The van der Waals surface area contributed by atoms with Gasteiger partial charge in [0.05, 0.1) is 11.0 Å². The summed E-state index contributed by atoms with van der Waals surface area (Å²) in [5.74, 6) is -0.279. The number of halogens is 1. The van der Waals surface area contributed by atoms with Crippen LogP contribution in [0.25, 0.3) is 0 Å². The highest BCUT2D eigenvalue weighted by Gasteiger charge is 2.20. The molecule has 2 atom stereocenters. The number of ether oxygens (including phenoxy) is 1. The third-order valence-electron chi connectivity index (χ3n) is 3.68. The van der Waals surface area contributed by atoms with E-state index in [-0.39, 0.29) is 41.9 Å². The normalized spacial score (nSPS) is 18.7. The SMILES string of the molecule is C[C@@H](CN)NC(=O)c1ccc(S(=O)(=O)NCC2CCCO2)cc1.Cl. The molecule has 24 heavy (non-hydrogen) atoms. The molecule has 1 aromatic rings. The van der Waals surface area contributed by atoms with E-state index in [4.69, 9.17) is 10.5 Å². The van der Waals surface area contributed by atoms with Gasteiger partial charge in [-0.15, -0.1) is 12.4 Å². The Morgan fingerprint density at radius 3 is 2.58 bits per heavy atom. The predicted octanol–water partition coefficient (Wildman–Crippen LogP) is 0.643. The van der Waals surface area contributed by atoms with Crippen molar-refractivity contribution in [2.45, 2.75) is 36.8 Å². The molecular formula is C15H24ClN3O4S. The lowest BCUT2D eigenvalue weighted by molar-refractivity contribution is 0.0941. The van der Waals surface area contributed by atoms with Crippen LogP contribution in [-0.2, 0) is 14.8 Å². The zero-order valence-corrected chi connectivity index (χ0v) is 15.2. The van der Waals surface area contributed by atoms with Crippen LogP contribution in [0.2, 0.25) is 0 Å². The molecule has 0 aliphatic carbocycles. The maximum absolute atomic E-state index is 12.2. The minimum absolute atomic E-state index is 0. The Labute approximate surface area is 148 Å². The summed E-state index contributed by atoms with van der Waals surface area (Å²) in [6.07, 6.45) is 1.76. The molecule has 1 aliphatic rings. The summed E-state index contributed by atoms with van der Waals surface area (Å²) in [5, 5.41) is 2.72. The van der Waals surface area contributed by atoms with E-state index in [0.29, 0.717) is 18.7 Å². The number of sulfonamides is 1. The van der Waals surface area contributed by atoms with Crippen LogP contribution in [0, 0.1) is 0 Å². The van der Waals surface area contributed by atoms with E-state index in [2.05, 4.69) is 10.0 Å². The summed E-state index contributed by atoms with van der Waals surface area (Å²) in [6, 6.07) is 5.66. The average molecular weight is 378 g/mol. The molecule has 2 rings (SSSR count). The number of nitrogens with two attached hydrogens (primary N) is 1. The number of nitrogens with one attached hydrogen (secondary N) is 2. The van der Waals surface area contributed by atoms with E-state index >= 15 is 0 Å². The lowest BCUT2D eigenvalue weighted by atomic mass is 10.2. The minimum atomic E-state index is -3.60. The second kappa shape index (κ2) is 9.33. The largest absolute Gasteiger partial charge is 0.377 e. The molecule has 1 aromatic carbocycles. The first-order valence-electron chi connectivity index (χ1n) is 7.64. The van der Waals surface area contributed by atoms with Gasteiger partial charge in [0.25, 0.3) is 5.91 Å². The molecule has 1 aliphatic heterocycles. The van der Waals surface area contributed by atoms with E-state index in [0.717, 1.165) is 12.8 Å². The quantitative estimate of drug-likeness (QED) is 0.646. The number of benzene rings is 1. The van der Waals surface area contributed by atoms with Crippen LogP contribution >= 0.6 is 12.4 Å². The number of carbonyl (C=O) groups is 1. The summed E-state index contributed by atoms with van der Waals surface area (Å²) >= 11 is 0. The van der Waals surface area contributed by atoms with Crippen molar-refractivity contribution in [1.82, 2.24) is 10.0 Å². The van der Waals surface area contributed by atoms with Gasteiger partial charge in [-0.25, -0.2) is 13.1 Å². The molecule has 136 valence electrons. The summed E-state index contributed by atoms with van der Waals surface area (Å²) in [6.45, 7) is 3.08. The van der Waals surface area contributed by atoms with Gasteiger partial charge in [0.15, 0.2) is 0 Å². The van der Waals surface area contributed by atoms with Gasteiger partial charge < -0.3 is 15.8 Å². The van der Waals surface area contributed by atoms with E-state index in [1.54, 1.807) is 6.92 Å². The zero-order valence-electron chi connectivity index (χ0n) is 13.5. The fraction of sp³-hybridized carbons (Fsp3) is 0.533. The van der Waals surface area contributed by atoms with Crippen molar-refractivity contribution >= 4 is 28.3 Å². The lowest BCUT2D eigenvalue weighted by Gasteiger charge is -2.13. The van der Waals surface area contributed by atoms with Crippen molar-refractivity contribution < 1.29 is 17.9 Å². The van der Waals surface area contributed by atoms with Crippen molar-refractivity contribution in [2.24, 2.45) is 5.73 Å². The van der Waals surface area contributed by atoms with Crippen LogP contribution in [0.3, 0.4) is 0 Å². The number of rotatable bonds is 7. The van der Waals surface area contributed by atoms with Crippen LogP contribution in [0.1, 0.15) is 30.1 Å². The van der Waals surface area contributed by atoms with E-state index in [9.17, 15) is 13.2 Å². The molecule has 0 bridgehead atoms. The van der Waals surface area contributed by atoms with Gasteiger partial charge >= 0.3 is 0 Å². The van der Waals surface area contributed by atoms with Crippen molar-refractivity contribution in [3.05, 3.63) is 29.8 Å². The number of hydrogen-bond donors (Lipinski definition) is 3. The van der Waals surface area contributed by atoms with Gasteiger partial charge in [-0.05, 0) is 44.0 Å². The highest BCUT2D eigenvalue weighted by molar-refractivity contribution is 7.89. The molecule has 0 radical (unpaired) electrons. The smallest absolute Gasteiger partial charge is 0.251 e. The number of carbonyl (C=O) groups excluding carboxylic acids is 1. The van der Waals surface area contributed by atoms with Gasteiger partial charge in [0.1, 0.15) is 0 Å². The van der Waals surface area contributed by atoms with Gasteiger partial charge in [0, 0.05) is 31.3 Å². The number of hydrogen-bond acceptors (Lipinski definition) is 5. The fourth-order valence-corrected chi connectivity index (χ4v) is 3.31. The number of amides is 1. The Morgan fingerprint density at radius 1 is 1.38 bits per heavy atom. The maximum atomic E-state index is 12.2. The Hall–Kier alpha value is -1.19. The van der Waals surface area contributed by atoms with Gasteiger partial charge in [0.2, 0.25) is 10.0 Å². The third kappa shape index (κ3) is 5.71. The highest BCUT2D eigenvalue weighted by Crippen LogP contribution is 2.14. The summed E-state index contributed by atoms with van der Waals surface area (Å²) in [4.78, 5) is 12.1. The molecule has 0 saturated carbocycles. The summed E-state index contributed by atoms with van der Waals surface area (Å²) in [7, 11) is -3.60. The Kier molecular flexibility index (Phi) is 8.11. The maximum Gasteiger partial charge on any atom is 0.251 e. The van der Waals surface area contributed by atoms with Gasteiger partial charge in [-0.1, -0.05) is 0 Å². The van der Waals surface area contributed by atoms with Crippen LogP contribution < -0.4 is 15.8 Å². The van der Waals surface area contributed by atoms with Crippen LogP contribution in [0.4, 0.5) is 0 Å². The summed E-state index contributed by atoms with van der Waals surface area (Å²) < 4.78 is 32.4. The molecule has 0 spiro atoms. The van der Waals surface area contributed by atoms with E-state index < -0.39 is 10.0 Å². The Bertz CT molecular complexity index is 631. The Morgan fingerprint density at radius 2 is 2.04 bits per heavy atom. The first-order chi connectivity index (χ1) is 10.9. The molecule has 4 N–H and O–H groups in total. The first kappa shape index (κ1) is 20.9. The van der Waals surface area contributed by atoms with Gasteiger partial charge in [-0.3, -0.25) is 4.79 Å². The summed E-state index contributed by atoms with van der Waals surface area (Å²) in [5.41, 5.74) is 5.84. The van der Waals surface area contributed by atoms with Crippen LogP contribution in [-0.4, -0.2) is 46.2 Å². The second-order valence-corrected chi connectivity index (χ2v) is 7.39. The molecule has 1 unspecified atom stereocenters. The van der Waals surface area contributed by atoms with Crippen LogP contribution in [0.15, 0.2) is 29.2 Å². The Balaban J connectivity index is 0.00000288. The molecular weight excluding hydrogens is 354 g/mol. The minimum Gasteiger partial charge on any atom is -0.377 e. The third-order valence-corrected chi connectivity index (χ3v) is 5.12. The fourth-order valence-electron chi connectivity index (χ4n) is 2.24. The van der Waals surface area contributed by atoms with Crippen molar-refractivity contribution in [1.29, 1.82) is 0 Å². The van der Waals surface area contributed by atoms with Crippen molar-refractivity contribution in [3.8, 4) is 0 Å². The van der Waals surface area contributed by atoms with E-state index in [1.165, 1.54) is 24.3 Å². The topological polar surface area (TPSA) is 111 Å². The molecule has 7 nitrogen and oxygen atoms in total. The average Bonchev–Trinajstić information content (AvgIpc) is 3.06. The molecule has 1 saturated heterocycles. The molecule has 1 heterocycles. The van der Waals surface area contributed by atoms with E-state index in [1.807, 2.05) is 0 Å². The first-order valence-corrected chi connectivity index (χ1v) is 9.13. The second-order valence-electron chi connectivity index (χ2n) is 5.62. The lowest BCUT2D eigenvalue weighted by Crippen LogP contribution is -2.37. The van der Waals surface area contributed by atoms with Crippen molar-refractivity contribution in [3.63, 3.8) is 0 Å². The monoisotopic (exact) mass is 377 g/mol. The van der Waals surface area contributed by atoms with Gasteiger partial charge in [-0.2, -0.15) is 0 Å². The predicted molar refractivity (Wildman–Crippen MR) is 93.8 cm³/mol. The molecule has 1 amide bonds. The zero-order chi connectivity index (χ0) is 16.9. The highest BCUT2D eigenvalue weighted by atomic mass is 35.5. The van der Waals surface area contributed by atoms with Crippen molar-refractivity contribution in [2.75, 3.05) is 19.7 Å². The van der Waals surface area contributed by atoms with Crippen LogP contribution in [0.5, 0.6) is 0 Å².